The third kappa shape index (κ3) is 7.15. The predicted octanol–water partition coefficient (Wildman–Crippen LogP) is 3.76. The molecule has 4 rings (SSSR count). The van der Waals surface area contributed by atoms with Crippen molar-refractivity contribution in [1.29, 1.82) is 0 Å². The van der Waals surface area contributed by atoms with Gasteiger partial charge in [0.1, 0.15) is 11.3 Å². The third-order valence-corrected chi connectivity index (χ3v) is 9.59. The lowest BCUT2D eigenvalue weighted by Gasteiger charge is -2.33. The second-order valence-corrected chi connectivity index (χ2v) is 12.7. The summed E-state index contributed by atoms with van der Waals surface area (Å²) in [5.41, 5.74) is 1.08. The summed E-state index contributed by atoms with van der Waals surface area (Å²) in [6.45, 7) is 6.50. The molecule has 2 aromatic carbocycles. The van der Waals surface area contributed by atoms with Gasteiger partial charge in [0.25, 0.3) is 5.91 Å². The van der Waals surface area contributed by atoms with Gasteiger partial charge in [-0.3, -0.25) is 9.69 Å². The summed E-state index contributed by atoms with van der Waals surface area (Å²) < 4.78 is 39.6. The Kier molecular flexibility index (Phi) is 10.2. The van der Waals surface area contributed by atoms with Gasteiger partial charge in [0.15, 0.2) is 5.13 Å². The van der Waals surface area contributed by atoms with Gasteiger partial charge in [-0.15, -0.1) is 0 Å². The van der Waals surface area contributed by atoms with E-state index in [4.69, 9.17) is 14.5 Å². The molecule has 13 heteroatoms. The van der Waals surface area contributed by atoms with Crippen LogP contribution in [0, 0.1) is 0 Å². The summed E-state index contributed by atoms with van der Waals surface area (Å²) >= 11 is 1.42. The Morgan fingerprint density at radius 3 is 2.32 bits per heavy atom. The number of hydrogen-bond acceptors (Lipinski definition) is 9. The van der Waals surface area contributed by atoms with Crippen molar-refractivity contribution in [3.8, 4) is 5.75 Å². The number of carbonyl (C=O) groups is 2. The van der Waals surface area contributed by atoms with Crippen LogP contribution in [-0.2, 0) is 14.8 Å². The number of piperazine rings is 1. The number of rotatable bonds is 11. The van der Waals surface area contributed by atoms with Crippen molar-refractivity contribution in [2.45, 2.75) is 25.2 Å². The van der Waals surface area contributed by atoms with Crippen LogP contribution in [0.3, 0.4) is 0 Å². The quantitative estimate of drug-likeness (QED) is 0.326. The summed E-state index contributed by atoms with van der Waals surface area (Å²) in [6, 6.07) is 11.7. The average Bonchev–Trinajstić information content (AvgIpc) is 3.40. The number of benzene rings is 2. The fraction of sp³-hybridized carbons (Fsp3) is 0.464. The molecule has 2 amide bonds. The van der Waals surface area contributed by atoms with Gasteiger partial charge in [-0.25, -0.2) is 18.2 Å². The van der Waals surface area contributed by atoms with Crippen molar-refractivity contribution in [1.82, 2.24) is 19.1 Å². The Hall–Kier alpha value is -3.26. The van der Waals surface area contributed by atoms with Crippen molar-refractivity contribution < 1.29 is 27.5 Å². The number of nitrogens with zero attached hydrogens (tertiary/aromatic N) is 5. The summed E-state index contributed by atoms with van der Waals surface area (Å²) in [5.74, 6) is 0.415. The van der Waals surface area contributed by atoms with Crippen molar-refractivity contribution >= 4 is 48.7 Å². The molecule has 0 unspecified atom stereocenters. The lowest BCUT2D eigenvalue weighted by atomic mass is 10.2. The maximum Gasteiger partial charge on any atom is 0.409 e. The highest BCUT2D eigenvalue weighted by atomic mass is 32.2. The second-order valence-electron chi connectivity index (χ2n) is 9.76. The van der Waals surface area contributed by atoms with E-state index in [9.17, 15) is 18.0 Å². The molecule has 3 aromatic rings. The van der Waals surface area contributed by atoms with E-state index in [1.54, 1.807) is 24.0 Å². The Labute approximate surface area is 245 Å². The number of anilines is 1. The molecule has 41 heavy (non-hydrogen) atoms. The normalized spacial score (nSPS) is 14.4. The number of ether oxygens (including phenoxy) is 2. The molecular formula is C28H37N5O6S2. The van der Waals surface area contributed by atoms with E-state index in [-0.39, 0.29) is 43.6 Å². The first-order chi connectivity index (χ1) is 19.6. The molecule has 0 atom stereocenters. The number of aromatic nitrogens is 1. The van der Waals surface area contributed by atoms with Crippen LogP contribution in [0.5, 0.6) is 5.75 Å². The van der Waals surface area contributed by atoms with E-state index in [0.717, 1.165) is 17.7 Å². The standard InChI is InChI=1S/C28H37N5O6S2/c1-5-38-23-9-7-10-24-25(23)29-27(40-24)33(16-8-15-30(3)4)26(34)21-11-13-22(14-12-21)41(36,37)32-19-17-31(18-20-32)28(35)39-6-2/h7,9-14H,5-6,8,15-20H2,1-4H3. The molecular weight excluding hydrogens is 566 g/mol. The van der Waals surface area contributed by atoms with Crippen LogP contribution < -0.4 is 9.64 Å². The molecule has 0 saturated carbocycles. The first kappa shape index (κ1) is 30.7. The minimum absolute atomic E-state index is 0.0964. The number of carbonyl (C=O) groups excluding carboxylic acids is 2. The Morgan fingerprint density at radius 1 is 0.976 bits per heavy atom. The average molecular weight is 604 g/mol. The van der Waals surface area contributed by atoms with E-state index in [2.05, 4.69) is 4.90 Å². The number of amides is 2. The highest BCUT2D eigenvalue weighted by molar-refractivity contribution is 7.89. The molecule has 0 spiro atoms. The van der Waals surface area contributed by atoms with Gasteiger partial charge in [-0.2, -0.15) is 4.31 Å². The van der Waals surface area contributed by atoms with E-state index < -0.39 is 16.1 Å². The monoisotopic (exact) mass is 603 g/mol. The van der Waals surface area contributed by atoms with Crippen LogP contribution in [-0.4, -0.2) is 106 Å². The topological polar surface area (TPSA) is 113 Å². The molecule has 0 radical (unpaired) electrons. The highest BCUT2D eigenvalue weighted by Gasteiger charge is 2.31. The Balaban J connectivity index is 1.54. The van der Waals surface area contributed by atoms with Crippen LogP contribution >= 0.6 is 11.3 Å². The fourth-order valence-electron chi connectivity index (χ4n) is 4.53. The van der Waals surface area contributed by atoms with Gasteiger partial charge in [0.2, 0.25) is 10.0 Å². The first-order valence-corrected chi connectivity index (χ1v) is 15.9. The van der Waals surface area contributed by atoms with Gasteiger partial charge < -0.3 is 19.3 Å². The zero-order valence-corrected chi connectivity index (χ0v) is 25.5. The molecule has 1 aliphatic rings. The van der Waals surface area contributed by atoms with Crippen LogP contribution in [0.15, 0.2) is 47.4 Å². The fourth-order valence-corrected chi connectivity index (χ4v) is 6.96. The van der Waals surface area contributed by atoms with Crippen molar-refractivity contribution in [2.24, 2.45) is 0 Å². The molecule has 0 aliphatic carbocycles. The van der Waals surface area contributed by atoms with Gasteiger partial charge in [0.05, 0.1) is 22.8 Å². The maximum atomic E-state index is 13.8. The van der Waals surface area contributed by atoms with Crippen molar-refractivity contribution in [2.75, 3.05) is 71.5 Å². The molecule has 1 saturated heterocycles. The maximum absolute atomic E-state index is 13.8. The number of para-hydroxylation sites is 1. The van der Waals surface area contributed by atoms with E-state index in [0.29, 0.717) is 35.1 Å². The number of hydrogen-bond donors (Lipinski definition) is 0. The predicted molar refractivity (Wildman–Crippen MR) is 159 cm³/mol. The molecule has 0 bridgehead atoms. The van der Waals surface area contributed by atoms with Crippen molar-refractivity contribution in [3.63, 3.8) is 0 Å². The van der Waals surface area contributed by atoms with Crippen LogP contribution in [0.2, 0.25) is 0 Å². The summed E-state index contributed by atoms with van der Waals surface area (Å²) in [7, 11) is 0.171. The zero-order chi connectivity index (χ0) is 29.6. The smallest absolute Gasteiger partial charge is 0.409 e. The minimum Gasteiger partial charge on any atom is -0.492 e. The number of sulfonamides is 1. The van der Waals surface area contributed by atoms with Crippen LogP contribution in [0.1, 0.15) is 30.6 Å². The third-order valence-electron chi connectivity index (χ3n) is 6.64. The van der Waals surface area contributed by atoms with Gasteiger partial charge >= 0.3 is 6.09 Å². The highest BCUT2D eigenvalue weighted by Crippen LogP contribution is 2.35. The lowest BCUT2D eigenvalue weighted by molar-refractivity contribution is 0.0933. The molecule has 0 N–H and O–H groups in total. The van der Waals surface area contributed by atoms with E-state index >= 15 is 0 Å². The molecule has 1 aromatic heterocycles. The molecule has 1 fully saturated rings. The van der Waals surface area contributed by atoms with Gasteiger partial charge in [0, 0.05) is 38.3 Å². The summed E-state index contributed by atoms with van der Waals surface area (Å²) in [4.78, 5) is 35.8. The van der Waals surface area contributed by atoms with Gasteiger partial charge in [-0.05, 0) is 77.3 Å². The minimum atomic E-state index is -3.79. The van der Waals surface area contributed by atoms with Crippen LogP contribution in [0.25, 0.3) is 10.2 Å². The Morgan fingerprint density at radius 2 is 1.68 bits per heavy atom. The first-order valence-electron chi connectivity index (χ1n) is 13.7. The van der Waals surface area contributed by atoms with E-state index in [1.165, 1.54) is 32.7 Å². The largest absolute Gasteiger partial charge is 0.492 e. The molecule has 2 heterocycles. The SMILES string of the molecule is CCOC(=O)N1CCN(S(=O)(=O)c2ccc(C(=O)N(CCCN(C)C)c3nc4c(OCC)cccc4s3)cc2)CC1. The zero-order valence-electron chi connectivity index (χ0n) is 23.9. The number of fused-ring (bicyclic) bond motifs is 1. The van der Waals surface area contributed by atoms with Crippen molar-refractivity contribution in [3.05, 3.63) is 48.0 Å². The molecule has 11 nitrogen and oxygen atoms in total. The Bertz CT molecular complexity index is 1450. The lowest BCUT2D eigenvalue weighted by Crippen LogP contribution is -2.50. The van der Waals surface area contributed by atoms with Gasteiger partial charge in [-0.1, -0.05) is 17.4 Å². The second kappa shape index (κ2) is 13.6. The molecule has 1 aliphatic heterocycles. The summed E-state index contributed by atoms with van der Waals surface area (Å²) in [5, 5.41) is 0.562. The van der Waals surface area contributed by atoms with E-state index in [1.807, 2.05) is 39.2 Å². The molecule has 222 valence electrons. The number of thiazole rings is 1. The summed E-state index contributed by atoms with van der Waals surface area (Å²) in [6.07, 6.45) is 0.293. The van der Waals surface area contributed by atoms with Crippen LogP contribution in [0.4, 0.5) is 9.93 Å².